The molecule has 0 aliphatic rings. The first-order valence-electron chi connectivity index (χ1n) is 8.98. The van der Waals surface area contributed by atoms with E-state index in [1.54, 1.807) is 19.9 Å². The van der Waals surface area contributed by atoms with Gasteiger partial charge in [0.2, 0.25) is 10.0 Å². The summed E-state index contributed by atoms with van der Waals surface area (Å²) in [4.78, 5) is 11.8. The Morgan fingerprint density at radius 3 is 2.21 bits per heavy atom. The molecule has 1 atom stereocenters. The topological polar surface area (TPSA) is 105 Å². The maximum Gasteiger partial charge on any atom is 0.261 e. The molecule has 2 aromatic rings. The first kappa shape index (κ1) is 21.9. The number of rotatable bonds is 8. The summed E-state index contributed by atoms with van der Waals surface area (Å²) >= 11 is 0. The highest BCUT2D eigenvalue weighted by Gasteiger charge is 2.29. The van der Waals surface area contributed by atoms with Crippen LogP contribution in [0.3, 0.4) is 0 Å². The maximum atomic E-state index is 12.8. The van der Waals surface area contributed by atoms with Gasteiger partial charge in [0, 0.05) is 11.6 Å². The molecule has 0 radical (unpaired) electrons. The third-order valence-electron chi connectivity index (χ3n) is 4.05. The Hall–Kier alpha value is -2.42. The Labute approximate surface area is 165 Å². The summed E-state index contributed by atoms with van der Waals surface area (Å²) < 4.78 is 33.8. The van der Waals surface area contributed by atoms with Gasteiger partial charge in [-0.25, -0.2) is 13.9 Å². The number of ether oxygens (including phenoxy) is 1. The van der Waals surface area contributed by atoms with Crippen LogP contribution in [0.25, 0.3) is 11.1 Å². The molecule has 3 N–H and O–H groups in total. The van der Waals surface area contributed by atoms with Crippen LogP contribution >= 0.6 is 0 Å². The second kappa shape index (κ2) is 9.18. The van der Waals surface area contributed by atoms with Crippen LogP contribution in [0.5, 0.6) is 5.75 Å². The zero-order valence-electron chi connectivity index (χ0n) is 16.3. The summed E-state index contributed by atoms with van der Waals surface area (Å²) in [6.07, 6.45) is -0.156. The third-order valence-corrected chi connectivity index (χ3v) is 5.49. The van der Waals surface area contributed by atoms with Gasteiger partial charge in [0.1, 0.15) is 11.8 Å². The molecule has 7 nitrogen and oxygen atoms in total. The maximum absolute atomic E-state index is 12.8. The summed E-state index contributed by atoms with van der Waals surface area (Å²) in [5.74, 6) is -0.758. The van der Waals surface area contributed by atoms with E-state index in [0.29, 0.717) is 5.75 Å². The average molecular weight is 407 g/mol. The van der Waals surface area contributed by atoms with Gasteiger partial charge in [0.15, 0.2) is 0 Å². The van der Waals surface area contributed by atoms with Gasteiger partial charge in [-0.05, 0) is 37.5 Å². The quantitative estimate of drug-likeness (QED) is 0.462. The van der Waals surface area contributed by atoms with Gasteiger partial charge in [0.25, 0.3) is 5.91 Å². The number of benzene rings is 2. The van der Waals surface area contributed by atoms with Crippen molar-refractivity contribution in [2.45, 2.75) is 44.7 Å². The van der Waals surface area contributed by atoms with E-state index in [0.717, 1.165) is 11.1 Å². The first-order chi connectivity index (χ1) is 13.2. The molecule has 0 aromatic heterocycles. The molecular weight excluding hydrogens is 380 g/mol. The average Bonchev–Trinajstić information content (AvgIpc) is 2.65. The van der Waals surface area contributed by atoms with Gasteiger partial charge in [-0.2, -0.15) is 4.72 Å². The number of sulfonamides is 1. The summed E-state index contributed by atoms with van der Waals surface area (Å²) in [5, 5.41) is 8.87. The smallest absolute Gasteiger partial charge is 0.261 e. The van der Waals surface area contributed by atoms with Crippen molar-refractivity contribution in [2.75, 3.05) is 0 Å². The van der Waals surface area contributed by atoms with Crippen LogP contribution in [-0.4, -0.2) is 31.7 Å². The lowest BCUT2D eigenvalue weighted by Gasteiger charge is -2.21. The Morgan fingerprint density at radius 2 is 1.68 bits per heavy atom. The lowest BCUT2D eigenvalue weighted by Crippen LogP contribution is -2.48. The first-order valence-corrected chi connectivity index (χ1v) is 10.5. The molecule has 28 heavy (non-hydrogen) atoms. The number of hydrogen-bond acceptors (Lipinski definition) is 5. The molecule has 0 unspecified atom stereocenters. The lowest BCUT2D eigenvalue weighted by atomic mass is 10.0. The number of carbonyl (C=O) groups is 1. The summed E-state index contributed by atoms with van der Waals surface area (Å²) in [7, 11) is -4.02. The highest BCUT2D eigenvalue weighted by Crippen LogP contribution is 2.33. The van der Waals surface area contributed by atoms with E-state index < -0.39 is 22.0 Å². The van der Waals surface area contributed by atoms with Gasteiger partial charge in [-0.1, -0.05) is 44.2 Å². The van der Waals surface area contributed by atoms with Gasteiger partial charge in [-0.15, -0.1) is 0 Å². The van der Waals surface area contributed by atoms with Crippen LogP contribution in [0.1, 0.15) is 27.7 Å². The Bertz CT molecular complexity index is 911. The van der Waals surface area contributed by atoms with Crippen LogP contribution in [0.15, 0.2) is 53.4 Å². The standard InChI is InChI=1S/C20H26N2O5S/c1-13(2)19(20(23)21-24)22-28(25,26)16-10-11-17(15-8-6-5-7-9-15)18(12-16)27-14(3)4/h5-14,19,22,24H,1-4H3,(H,21,23)/t19-/m1/s1. The molecule has 2 rings (SSSR count). The number of amides is 1. The largest absolute Gasteiger partial charge is 0.490 e. The molecule has 0 fully saturated rings. The molecule has 152 valence electrons. The second-order valence-corrected chi connectivity index (χ2v) is 8.72. The van der Waals surface area contributed by atoms with Crippen molar-refractivity contribution in [3.63, 3.8) is 0 Å². The fourth-order valence-corrected chi connectivity index (χ4v) is 4.03. The summed E-state index contributed by atoms with van der Waals surface area (Å²) in [6.45, 7) is 7.06. The zero-order valence-corrected chi connectivity index (χ0v) is 17.2. The minimum atomic E-state index is -4.02. The SMILES string of the molecule is CC(C)Oc1cc(S(=O)(=O)N[C@@H](C(=O)NO)C(C)C)ccc1-c1ccccc1. The highest BCUT2D eigenvalue weighted by molar-refractivity contribution is 7.89. The van der Waals surface area contributed by atoms with Crippen LogP contribution in [0, 0.1) is 5.92 Å². The minimum Gasteiger partial charge on any atom is -0.490 e. The van der Waals surface area contributed by atoms with Gasteiger partial charge in [-0.3, -0.25) is 10.0 Å². The van der Waals surface area contributed by atoms with E-state index in [2.05, 4.69) is 4.72 Å². The molecule has 0 spiro atoms. The molecule has 8 heteroatoms. The normalized spacial score (nSPS) is 12.8. The molecule has 0 bridgehead atoms. The van der Waals surface area contributed by atoms with E-state index in [-0.39, 0.29) is 16.9 Å². The Morgan fingerprint density at radius 1 is 1.04 bits per heavy atom. The van der Waals surface area contributed by atoms with Gasteiger partial charge >= 0.3 is 0 Å². The number of nitrogens with one attached hydrogen (secondary N) is 2. The van der Waals surface area contributed by atoms with Gasteiger partial charge < -0.3 is 4.74 Å². The van der Waals surface area contributed by atoms with Crippen LogP contribution in [0.4, 0.5) is 0 Å². The molecule has 2 aromatic carbocycles. The Kier molecular flexibility index (Phi) is 7.17. The predicted octanol–water partition coefficient (Wildman–Crippen LogP) is 2.95. The summed E-state index contributed by atoms with van der Waals surface area (Å²) in [5.41, 5.74) is 3.16. The van der Waals surface area contributed by atoms with E-state index in [1.807, 2.05) is 44.2 Å². The molecule has 0 aliphatic heterocycles. The molecule has 0 heterocycles. The minimum absolute atomic E-state index is 0.0285. The Balaban J connectivity index is 2.46. The van der Waals surface area contributed by atoms with Crippen molar-refractivity contribution in [1.29, 1.82) is 0 Å². The van der Waals surface area contributed by atoms with Crippen molar-refractivity contribution in [3.05, 3.63) is 48.5 Å². The van der Waals surface area contributed by atoms with Crippen molar-refractivity contribution in [2.24, 2.45) is 5.92 Å². The molecule has 0 aliphatic carbocycles. The monoisotopic (exact) mass is 406 g/mol. The number of carbonyl (C=O) groups excluding carboxylic acids is 1. The fourth-order valence-electron chi connectivity index (χ4n) is 2.67. The lowest BCUT2D eigenvalue weighted by molar-refractivity contribution is -0.131. The van der Waals surface area contributed by atoms with E-state index in [4.69, 9.17) is 9.94 Å². The van der Waals surface area contributed by atoms with Crippen molar-refractivity contribution < 1.29 is 23.2 Å². The van der Waals surface area contributed by atoms with E-state index >= 15 is 0 Å². The molecule has 0 saturated heterocycles. The zero-order chi connectivity index (χ0) is 20.9. The molecular formula is C20H26N2O5S. The molecule has 0 saturated carbocycles. The highest BCUT2D eigenvalue weighted by atomic mass is 32.2. The molecule has 1 amide bonds. The second-order valence-electron chi connectivity index (χ2n) is 7.01. The third kappa shape index (κ3) is 5.31. The van der Waals surface area contributed by atoms with Crippen LogP contribution in [0.2, 0.25) is 0 Å². The number of hydroxylamine groups is 1. The summed E-state index contributed by atoms with van der Waals surface area (Å²) in [6, 6.07) is 13.0. The fraction of sp³-hybridized carbons (Fsp3) is 0.350. The van der Waals surface area contributed by atoms with Crippen molar-refractivity contribution in [3.8, 4) is 16.9 Å². The predicted molar refractivity (Wildman–Crippen MR) is 107 cm³/mol. The van der Waals surface area contributed by atoms with E-state index in [1.165, 1.54) is 17.6 Å². The van der Waals surface area contributed by atoms with E-state index in [9.17, 15) is 13.2 Å². The van der Waals surface area contributed by atoms with Crippen LogP contribution < -0.4 is 14.9 Å². The van der Waals surface area contributed by atoms with Gasteiger partial charge in [0.05, 0.1) is 11.0 Å². The number of hydrogen-bond donors (Lipinski definition) is 3. The van der Waals surface area contributed by atoms with Crippen LogP contribution in [-0.2, 0) is 14.8 Å². The van der Waals surface area contributed by atoms with Crippen molar-refractivity contribution in [1.82, 2.24) is 10.2 Å². The van der Waals surface area contributed by atoms with Crippen molar-refractivity contribution >= 4 is 15.9 Å².